The summed E-state index contributed by atoms with van der Waals surface area (Å²) in [6.07, 6.45) is 31.5. The second-order valence-electron chi connectivity index (χ2n) is 23.6. The molecule has 12 nitrogen and oxygen atoms in total. The number of nitrogens with one attached hydrogen (secondary N) is 1. The fraction of sp³-hybridized carbons (Fsp3) is 0.592. The first-order valence-corrected chi connectivity index (χ1v) is 32.5. The van der Waals surface area contributed by atoms with Crippen LogP contribution in [-0.2, 0) is 27.5 Å². The zero-order valence-corrected chi connectivity index (χ0v) is 50.6. The van der Waals surface area contributed by atoms with Crippen LogP contribution in [-0.4, -0.2) is 77.8 Å². The predicted octanol–water partition coefficient (Wildman–Crippen LogP) is 17.2. The minimum Gasteiger partial charge on any atom is -0.459 e. The topological polar surface area (TPSA) is 148 Å². The fourth-order valence-corrected chi connectivity index (χ4v) is 13.2. The number of carbonyl (C=O) groups excluding carboxylic acids is 2. The molecule has 6 atom stereocenters. The van der Waals surface area contributed by atoms with E-state index in [4.69, 9.17) is 28.9 Å². The number of hydrogen-bond donors (Lipinski definition) is 3. The average molecular weight is 1140 g/mol. The number of fused-ring (bicyclic) bond motifs is 3. The molecule has 1 saturated carbocycles. The van der Waals surface area contributed by atoms with Crippen molar-refractivity contribution in [3.8, 4) is 11.5 Å². The number of unbranched alkanes of at least 4 members (excludes halogenated alkanes) is 20. The lowest BCUT2D eigenvalue weighted by Crippen LogP contribution is -2.70. The minimum absolute atomic E-state index is 0.0159. The zero-order valence-electron chi connectivity index (χ0n) is 50.6. The van der Waals surface area contributed by atoms with Crippen molar-refractivity contribution in [2.24, 2.45) is 22.9 Å². The van der Waals surface area contributed by atoms with Crippen LogP contribution in [0.5, 0.6) is 11.5 Å². The highest BCUT2D eigenvalue weighted by Gasteiger charge is 2.66. The number of oxime groups is 1. The highest BCUT2D eigenvalue weighted by atomic mass is 16.7. The Kier molecular flexibility index (Phi) is 28.3. The first-order valence-electron chi connectivity index (χ1n) is 32.5. The predicted molar refractivity (Wildman–Crippen MR) is 335 cm³/mol. The van der Waals surface area contributed by atoms with E-state index in [2.05, 4.69) is 56.1 Å². The van der Waals surface area contributed by atoms with E-state index < -0.39 is 29.9 Å². The number of amides is 2. The highest BCUT2D eigenvalue weighted by molar-refractivity contribution is 6.03. The summed E-state index contributed by atoms with van der Waals surface area (Å²) in [6, 6.07) is 29.3. The molecule has 454 valence electrons. The largest absolute Gasteiger partial charge is 0.459 e. The molecule has 12 heteroatoms. The van der Waals surface area contributed by atoms with Gasteiger partial charge in [0.15, 0.2) is 0 Å². The molecule has 2 amide bonds. The maximum Gasteiger partial charge on any atom is 0.412 e. The van der Waals surface area contributed by atoms with Crippen molar-refractivity contribution in [2.45, 2.75) is 218 Å². The Labute approximate surface area is 497 Å². The third kappa shape index (κ3) is 19.2. The van der Waals surface area contributed by atoms with Crippen molar-refractivity contribution in [1.82, 2.24) is 10.2 Å². The number of aliphatic hydroxyl groups is 2. The molecule has 1 heterocycles. The SMILES string of the molecule is C=CCOC12Oc3ccc(OC(=O)NCCCCCCCCCCCC)cc3C3C(CCCCO)C(CCCCO)C=C(C(=NOCc4ccccc4)CC1N(Cc1cccc4ccccc14)C(=O)OCCCCCCCCCCCC)C32. The Morgan fingerprint density at radius 3 is 2.06 bits per heavy atom. The van der Waals surface area contributed by atoms with E-state index in [1.54, 1.807) is 12.1 Å². The number of hydrogen-bond acceptors (Lipinski definition) is 10. The number of ether oxygens (including phenoxy) is 4. The molecular weight excluding hydrogens is 1040 g/mol. The van der Waals surface area contributed by atoms with Gasteiger partial charge < -0.3 is 39.3 Å². The molecule has 1 fully saturated rings. The molecule has 0 bridgehead atoms. The van der Waals surface area contributed by atoms with E-state index in [0.717, 1.165) is 97.2 Å². The second kappa shape index (κ2) is 36.2. The van der Waals surface area contributed by atoms with Gasteiger partial charge in [0.25, 0.3) is 0 Å². The van der Waals surface area contributed by atoms with Gasteiger partial charge >= 0.3 is 12.2 Å². The van der Waals surface area contributed by atoms with Gasteiger partial charge in [0.2, 0.25) is 5.79 Å². The third-order valence-electron chi connectivity index (χ3n) is 17.5. The monoisotopic (exact) mass is 1140 g/mol. The molecule has 83 heavy (non-hydrogen) atoms. The molecule has 3 N–H and O–H groups in total. The van der Waals surface area contributed by atoms with Crippen LogP contribution in [0, 0.1) is 17.8 Å². The standard InChI is InChI=1S/C71H101N3O9/c1-4-7-9-11-13-15-17-19-21-30-45-72-69(77)82-59-43-44-65-63(51-59)67-61(42-29-32-47-76)57(38-28-31-46-75)50-62-64(73-81-54-55-35-24-23-25-36-55)52-66(71(83-65,68(62)67)80-48-6-3)74(53-58-40-34-39-56-37-26-27-41-60(56)58)70(78)79-49-33-22-20-18-16-14-12-10-8-5-2/h6,23-27,34-37,39-41,43-44,50-51,57,61,66-68,75-76H,3-5,7-22,28-33,38,42,45-49,52-54H2,1-2H3,(H,72,77). The van der Waals surface area contributed by atoms with Crippen molar-refractivity contribution >= 4 is 28.7 Å². The van der Waals surface area contributed by atoms with Gasteiger partial charge in [-0.15, -0.1) is 6.58 Å². The molecular formula is C71H101N3O9. The zero-order chi connectivity index (χ0) is 58.3. The van der Waals surface area contributed by atoms with Crippen LogP contribution in [0.15, 0.2) is 120 Å². The third-order valence-corrected chi connectivity index (χ3v) is 17.5. The molecule has 4 aromatic carbocycles. The Morgan fingerprint density at radius 2 is 1.37 bits per heavy atom. The molecule has 0 spiro atoms. The summed E-state index contributed by atoms with van der Waals surface area (Å²) in [7, 11) is 0. The summed E-state index contributed by atoms with van der Waals surface area (Å²) in [6.45, 7) is 10.2. The van der Waals surface area contributed by atoms with E-state index in [1.165, 1.54) is 89.9 Å². The van der Waals surface area contributed by atoms with E-state index >= 15 is 4.79 Å². The Balaban J connectivity index is 1.28. The van der Waals surface area contributed by atoms with Gasteiger partial charge in [-0.3, -0.25) is 4.90 Å². The summed E-state index contributed by atoms with van der Waals surface area (Å²) in [5, 5.41) is 30.5. The number of rotatable bonds is 40. The molecule has 1 aliphatic heterocycles. The van der Waals surface area contributed by atoms with Crippen molar-refractivity contribution in [3.05, 3.63) is 132 Å². The van der Waals surface area contributed by atoms with Gasteiger partial charge in [-0.25, -0.2) is 9.59 Å². The Bertz CT molecular complexity index is 2600. The summed E-state index contributed by atoms with van der Waals surface area (Å²) in [5.74, 6) is -1.43. The van der Waals surface area contributed by atoms with E-state index in [1.807, 2.05) is 65.6 Å². The minimum atomic E-state index is -1.52. The van der Waals surface area contributed by atoms with Crippen LogP contribution in [0.3, 0.4) is 0 Å². The smallest absolute Gasteiger partial charge is 0.412 e. The number of allylic oxidation sites excluding steroid dienone is 1. The molecule has 4 aromatic rings. The second-order valence-corrected chi connectivity index (χ2v) is 23.6. The van der Waals surface area contributed by atoms with Crippen molar-refractivity contribution in [2.75, 3.05) is 33.0 Å². The van der Waals surface area contributed by atoms with Crippen LogP contribution in [0.4, 0.5) is 9.59 Å². The van der Waals surface area contributed by atoms with Gasteiger partial charge in [-0.05, 0) is 96.0 Å². The van der Waals surface area contributed by atoms with E-state index in [0.29, 0.717) is 36.6 Å². The first kappa shape index (κ1) is 64.9. The summed E-state index contributed by atoms with van der Waals surface area (Å²) < 4.78 is 27.5. The van der Waals surface area contributed by atoms with Crippen LogP contribution >= 0.6 is 0 Å². The number of nitrogens with zero attached hydrogens (tertiary/aromatic N) is 2. The highest BCUT2D eigenvalue weighted by Crippen LogP contribution is 2.62. The maximum atomic E-state index is 15.5. The lowest BCUT2D eigenvalue weighted by molar-refractivity contribution is -0.256. The number of benzene rings is 4. The van der Waals surface area contributed by atoms with Crippen LogP contribution in [0.2, 0.25) is 0 Å². The van der Waals surface area contributed by atoms with Crippen molar-refractivity contribution in [3.63, 3.8) is 0 Å². The summed E-state index contributed by atoms with van der Waals surface area (Å²) >= 11 is 0. The van der Waals surface area contributed by atoms with Gasteiger partial charge in [0, 0.05) is 37.7 Å². The van der Waals surface area contributed by atoms with E-state index in [9.17, 15) is 15.0 Å². The fourth-order valence-electron chi connectivity index (χ4n) is 13.2. The average Bonchev–Trinajstić information content (AvgIpc) is 0.821. The lowest BCUT2D eigenvalue weighted by atomic mass is 9.55. The van der Waals surface area contributed by atoms with Gasteiger partial charge in [0.1, 0.15) is 24.1 Å². The van der Waals surface area contributed by atoms with Crippen LogP contribution < -0.4 is 14.8 Å². The van der Waals surface area contributed by atoms with Crippen LogP contribution in [0.25, 0.3) is 10.8 Å². The summed E-state index contributed by atoms with van der Waals surface area (Å²) in [4.78, 5) is 37.3. The van der Waals surface area contributed by atoms with E-state index in [-0.39, 0.29) is 63.8 Å². The van der Waals surface area contributed by atoms with Gasteiger partial charge in [-0.1, -0.05) is 232 Å². The van der Waals surface area contributed by atoms with Gasteiger partial charge in [-0.2, -0.15) is 0 Å². The Hall–Kier alpha value is -5.69. The van der Waals surface area contributed by atoms with Crippen molar-refractivity contribution < 1.29 is 43.6 Å². The van der Waals surface area contributed by atoms with Gasteiger partial charge in [0.05, 0.1) is 31.4 Å². The molecule has 0 aromatic heterocycles. The lowest BCUT2D eigenvalue weighted by Gasteiger charge is -2.59. The molecule has 6 unspecified atom stereocenters. The molecule has 0 radical (unpaired) electrons. The molecule has 3 aliphatic rings. The molecule has 0 saturated heterocycles. The first-order chi connectivity index (χ1) is 40.8. The van der Waals surface area contributed by atoms with Crippen molar-refractivity contribution in [1.29, 1.82) is 0 Å². The molecule has 7 rings (SSSR count). The normalized spacial score (nSPS) is 20.2. The number of aliphatic hydroxyl groups excluding tert-OH is 2. The Morgan fingerprint density at radius 1 is 0.735 bits per heavy atom. The summed E-state index contributed by atoms with van der Waals surface area (Å²) in [5.41, 5.74) is 4.40. The quantitative estimate of drug-likeness (QED) is 0.0225. The molecule has 2 aliphatic carbocycles. The van der Waals surface area contributed by atoms with Crippen LogP contribution in [0.1, 0.15) is 210 Å². The maximum absolute atomic E-state index is 15.5. The number of carbonyl (C=O) groups is 2.